The molecule has 0 radical (unpaired) electrons. The number of sulfone groups is 1. The van der Waals surface area contributed by atoms with E-state index in [-0.39, 0.29) is 28.4 Å². The first-order valence-electron chi connectivity index (χ1n) is 10.4. The number of hydrogen-bond acceptors (Lipinski definition) is 8. The Morgan fingerprint density at radius 2 is 1.83 bits per heavy atom. The van der Waals surface area contributed by atoms with Crippen LogP contribution in [0, 0.1) is 19.3 Å². The molecule has 0 aliphatic carbocycles. The molecule has 1 N–H and O–H groups in total. The average molecular weight is 533 g/mol. The van der Waals surface area contributed by atoms with Crippen molar-refractivity contribution in [1.82, 2.24) is 4.90 Å². The second kappa shape index (κ2) is 9.84. The van der Waals surface area contributed by atoms with Crippen molar-refractivity contribution in [2.45, 2.75) is 13.8 Å². The van der Waals surface area contributed by atoms with Crippen LogP contribution in [0.5, 0.6) is 11.5 Å². The minimum absolute atomic E-state index is 0.0300. The van der Waals surface area contributed by atoms with E-state index in [1.54, 1.807) is 18.2 Å². The third-order valence-corrected chi connectivity index (χ3v) is 7.08. The second-order valence-corrected chi connectivity index (χ2v) is 10.9. The molecular weight excluding hydrogens is 512 g/mol. The summed E-state index contributed by atoms with van der Waals surface area (Å²) < 4.78 is 39.3. The van der Waals surface area contributed by atoms with Crippen LogP contribution in [0.3, 0.4) is 0 Å². The molecule has 35 heavy (non-hydrogen) atoms. The summed E-state index contributed by atoms with van der Waals surface area (Å²) in [5.41, 5.74) is 2.58. The molecule has 0 bridgehead atoms. The van der Waals surface area contributed by atoms with E-state index in [9.17, 15) is 13.2 Å². The lowest BCUT2D eigenvalue weighted by molar-refractivity contribution is -0.114. The molecule has 4 rings (SSSR count). The van der Waals surface area contributed by atoms with Crippen LogP contribution >= 0.6 is 23.5 Å². The number of fused-ring (bicyclic) bond motifs is 1. The van der Waals surface area contributed by atoms with E-state index in [1.165, 1.54) is 6.08 Å². The second-order valence-electron chi connectivity index (χ2n) is 7.83. The summed E-state index contributed by atoms with van der Waals surface area (Å²) in [6.45, 7) is 4.57. The molecule has 12 heteroatoms. The van der Waals surface area contributed by atoms with Gasteiger partial charge in [0.1, 0.15) is 30.5 Å². The summed E-state index contributed by atoms with van der Waals surface area (Å²) in [4.78, 5) is 17.4. The standard InChI is InChI=1S/C23H21ClN4O5S2/c1-13-4-5-14(2)19(10-13)33-9-8-32-18-7-6-15(12-17(18)24)11-16-20(25)28-22(26-21(16)29)34-27-23(28)35(3,30)31/h4-7,10-12,25H,8-9H2,1-3H3/b16-11-,25-20?. The van der Waals surface area contributed by atoms with Crippen molar-refractivity contribution in [2.24, 2.45) is 9.39 Å². The summed E-state index contributed by atoms with van der Waals surface area (Å²) in [5, 5.41) is 8.39. The number of nitrogens with one attached hydrogen (secondary N) is 1. The zero-order valence-corrected chi connectivity index (χ0v) is 21.4. The number of carbonyl (C=O) groups excluding carboxylic acids is 1. The zero-order chi connectivity index (χ0) is 25.3. The van der Waals surface area contributed by atoms with Gasteiger partial charge in [0.2, 0.25) is 20.2 Å². The van der Waals surface area contributed by atoms with Crippen LogP contribution in [0.4, 0.5) is 0 Å². The highest BCUT2D eigenvalue weighted by molar-refractivity contribution is 8.16. The SMILES string of the molecule is Cc1ccc(C)c(OCCOc2ccc(/C=C3/C(=N)N4C(=NC3=O)SN=C4S(C)(=O)=O)cc2Cl)c1. The summed E-state index contributed by atoms with van der Waals surface area (Å²) in [6.07, 6.45) is 2.40. The van der Waals surface area contributed by atoms with Crippen molar-refractivity contribution < 1.29 is 22.7 Å². The number of amides is 1. The molecule has 2 aromatic rings. The molecule has 0 spiro atoms. The fourth-order valence-corrected chi connectivity index (χ4v) is 5.38. The van der Waals surface area contributed by atoms with Gasteiger partial charge in [-0.3, -0.25) is 10.2 Å². The highest BCUT2D eigenvalue weighted by atomic mass is 35.5. The summed E-state index contributed by atoms with van der Waals surface area (Å²) >= 11 is 7.10. The Morgan fingerprint density at radius 3 is 2.51 bits per heavy atom. The van der Waals surface area contributed by atoms with Gasteiger partial charge in [0.05, 0.1) is 22.5 Å². The zero-order valence-electron chi connectivity index (χ0n) is 19.0. The van der Waals surface area contributed by atoms with Crippen LogP contribution in [0.25, 0.3) is 6.08 Å². The molecule has 2 aliphatic heterocycles. The first-order chi connectivity index (χ1) is 16.5. The van der Waals surface area contributed by atoms with Gasteiger partial charge in [0, 0.05) is 6.26 Å². The fraction of sp³-hybridized carbons (Fsp3) is 0.217. The normalized spacial score (nSPS) is 16.8. The van der Waals surface area contributed by atoms with E-state index in [0.717, 1.165) is 40.0 Å². The number of aliphatic imine (C=N–C) groups is 1. The fourth-order valence-electron chi connectivity index (χ4n) is 3.29. The number of hydrogen-bond donors (Lipinski definition) is 1. The third-order valence-electron chi connectivity index (χ3n) is 5.03. The van der Waals surface area contributed by atoms with Crippen LogP contribution in [-0.4, -0.2) is 54.9 Å². The monoisotopic (exact) mass is 532 g/mol. The molecule has 2 aliphatic rings. The summed E-state index contributed by atoms with van der Waals surface area (Å²) in [5.74, 6) is 0.242. The van der Waals surface area contributed by atoms with Crippen LogP contribution in [0.1, 0.15) is 16.7 Å². The van der Waals surface area contributed by atoms with Crippen molar-refractivity contribution in [3.8, 4) is 11.5 Å². The van der Waals surface area contributed by atoms with Crippen LogP contribution in [0.2, 0.25) is 5.02 Å². The largest absolute Gasteiger partial charge is 0.490 e. The number of nitrogens with zero attached hydrogens (tertiary/aromatic N) is 3. The number of rotatable bonds is 6. The number of amidine groups is 3. The van der Waals surface area contributed by atoms with E-state index in [0.29, 0.717) is 22.9 Å². The summed E-state index contributed by atoms with van der Waals surface area (Å²) in [6, 6.07) is 10.9. The van der Waals surface area contributed by atoms with Gasteiger partial charge < -0.3 is 9.47 Å². The molecule has 0 aromatic heterocycles. The Morgan fingerprint density at radius 1 is 1.11 bits per heavy atom. The maximum Gasteiger partial charge on any atom is 0.283 e. The lowest BCUT2D eigenvalue weighted by Gasteiger charge is -2.23. The number of ether oxygens (including phenoxy) is 2. The number of halogens is 1. The van der Waals surface area contributed by atoms with E-state index >= 15 is 0 Å². The Kier molecular flexibility index (Phi) is 7.02. The lowest BCUT2D eigenvalue weighted by atomic mass is 10.1. The van der Waals surface area contributed by atoms with Crippen LogP contribution < -0.4 is 9.47 Å². The molecule has 0 fully saturated rings. The summed E-state index contributed by atoms with van der Waals surface area (Å²) in [7, 11) is -3.72. The van der Waals surface area contributed by atoms with Crippen molar-refractivity contribution in [3.63, 3.8) is 0 Å². The van der Waals surface area contributed by atoms with Crippen molar-refractivity contribution >= 4 is 61.5 Å². The van der Waals surface area contributed by atoms with E-state index < -0.39 is 15.7 Å². The molecular formula is C23H21ClN4O5S2. The highest BCUT2D eigenvalue weighted by Crippen LogP contribution is 2.31. The van der Waals surface area contributed by atoms with Gasteiger partial charge in [0.15, 0.2) is 0 Å². The van der Waals surface area contributed by atoms with E-state index in [2.05, 4.69) is 9.39 Å². The maximum absolute atomic E-state index is 12.5. The molecule has 1 amide bonds. The first kappa shape index (κ1) is 25.0. The Labute approximate surface area is 212 Å². The minimum atomic E-state index is -3.72. The van der Waals surface area contributed by atoms with Gasteiger partial charge in [-0.25, -0.2) is 13.3 Å². The predicted molar refractivity (Wildman–Crippen MR) is 138 cm³/mol. The molecule has 0 unspecified atom stereocenters. The van der Waals surface area contributed by atoms with Crippen molar-refractivity contribution in [1.29, 1.82) is 5.41 Å². The molecule has 2 aromatic carbocycles. The molecule has 0 saturated carbocycles. The quantitative estimate of drug-likeness (QED) is 0.338. The molecule has 2 heterocycles. The first-order valence-corrected chi connectivity index (χ1v) is 13.4. The third kappa shape index (κ3) is 5.42. The van der Waals surface area contributed by atoms with Gasteiger partial charge in [-0.05, 0) is 54.8 Å². The molecule has 0 atom stereocenters. The van der Waals surface area contributed by atoms with Crippen LogP contribution in [0.15, 0.2) is 51.4 Å². The molecule has 0 saturated heterocycles. The van der Waals surface area contributed by atoms with Gasteiger partial charge in [-0.2, -0.15) is 9.39 Å². The Bertz CT molecular complexity index is 1430. The van der Waals surface area contributed by atoms with E-state index in [4.69, 9.17) is 26.5 Å². The lowest BCUT2D eigenvalue weighted by Crippen LogP contribution is -2.45. The average Bonchev–Trinajstić information content (AvgIpc) is 3.22. The van der Waals surface area contributed by atoms with E-state index in [1.807, 2.05) is 32.0 Å². The smallest absolute Gasteiger partial charge is 0.283 e. The van der Waals surface area contributed by atoms with Gasteiger partial charge in [0.25, 0.3) is 5.91 Å². The highest BCUT2D eigenvalue weighted by Gasteiger charge is 2.41. The maximum atomic E-state index is 12.5. The minimum Gasteiger partial charge on any atom is -0.490 e. The van der Waals surface area contributed by atoms with Gasteiger partial charge >= 0.3 is 0 Å². The Hall–Kier alpha value is -3.15. The topological polar surface area (TPSA) is 121 Å². The van der Waals surface area contributed by atoms with Gasteiger partial charge in [-0.15, -0.1) is 0 Å². The van der Waals surface area contributed by atoms with Gasteiger partial charge in [-0.1, -0.05) is 29.8 Å². The van der Waals surface area contributed by atoms with Crippen LogP contribution in [-0.2, 0) is 14.6 Å². The van der Waals surface area contributed by atoms with Crippen molar-refractivity contribution in [3.05, 3.63) is 63.7 Å². The number of carbonyl (C=O) groups is 1. The number of benzene rings is 2. The van der Waals surface area contributed by atoms with Crippen molar-refractivity contribution in [2.75, 3.05) is 19.5 Å². The molecule has 182 valence electrons. The number of aryl methyl sites for hydroxylation is 2. The molecule has 9 nitrogen and oxygen atoms in total. The predicted octanol–water partition coefficient (Wildman–Crippen LogP) is 4.04. The Balaban J connectivity index is 1.45.